The summed E-state index contributed by atoms with van der Waals surface area (Å²) in [5.74, 6) is 0.0352. The molecule has 0 unspecified atom stereocenters. The van der Waals surface area contributed by atoms with E-state index in [1.807, 2.05) is 6.92 Å². The largest absolute Gasteiger partial charge is 1.00 e. The van der Waals surface area contributed by atoms with Crippen LogP contribution in [0.15, 0.2) is 24.3 Å². The van der Waals surface area contributed by atoms with E-state index in [0.29, 0.717) is 53.8 Å². The van der Waals surface area contributed by atoms with Crippen LogP contribution in [0.2, 0.25) is 5.02 Å². The van der Waals surface area contributed by atoms with Gasteiger partial charge in [-0.3, -0.25) is 19.9 Å². The fraction of sp³-hybridized carbons (Fsp3) is 0.348. The Kier molecular flexibility index (Phi) is 11.0. The Morgan fingerprint density at radius 1 is 1.17 bits per heavy atom. The van der Waals surface area contributed by atoms with E-state index in [9.17, 15) is 14.7 Å². The van der Waals surface area contributed by atoms with Crippen molar-refractivity contribution < 1.29 is 53.7 Å². The minimum atomic E-state index is -0.545. The van der Waals surface area contributed by atoms with Crippen molar-refractivity contribution in [2.45, 2.75) is 40.0 Å². The molecule has 0 aliphatic heterocycles. The number of phenols is 1. The van der Waals surface area contributed by atoms with Crippen LogP contribution < -0.4 is 49.4 Å². The maximum atomic E-state index is 12.2. The van der Waals surface area contributed by atoms with Crippen molar-refractivity contribution in [1.82, 2.24) is 20.6 Å². The number of aryl methyl sites for hydroxylation is 1. The van der Waals surface area contributed by atoms with Crippen molar-refractivity contribution in [1.29, 1.82) is 0 Å². The van der Waals surface area contributed by atoms with E-state index in [0.717, 1.165) is 12.0 Å². The zero-order chi connectivity index (χ0) is 24.7. The fourth-order valence-corrected chi connectivity index (χ4v) is 3.54. The summed E-state index contributed by atoms with van der Waals surface area (Å²) in [5.41, 5.74) is 2.14. The molecule has 0 fully saturated rings. The Bertz CT molecular complexity index is 1170. The number of phenolic OH excluding ortho intramolecular Hbond substituents is 1. The summed E-state index contributed by atoms with van der Waals surface area (Å²) in [6.45, 7) is 5.83. The summed E-state index contributed by atoms with van der Waals surface area (Å²) >= 11 is 6.29. The van der Waals surface area contributed by atoms with E-state index in [-0.39, 0.29) is 52.5 Å². The second kappa shape index (κ2) is 13.4. The standard InChI is InChI=1S/C23H26ClN5O5.Na/c1-4-6-16-19(8-7-15(14(3)30)21(16)31)33-9-5-10-34-20-12-18(13(2)11-17(20)24)25-23(32)22-26-28-29-27-22;/h7-8,11-12H,4-6,9-10H2,1-3H3,(H3,25,26,27,28,29,30,31,32);/q;+1/p-1. The SMILES string of the molecule is CCCc1c(OCCCOc2cc(NC(=O)c3nnn[n-]3)c(C)cc2Cl)ccc(C(C)=O)c1O.[Na+]. The molecule has 0 aliphatic carbocycles. The number of aromatic nitrogens is 4. The molecule has 0 saturated heterocycles. The van der Waals surface area contributed by atoms with Crippen LogP contribution in [0.5, 0.6) is 17.2 Å². The topological polar surface area (TPSA) is 138 Å². The van der Waals surface area contributed by atoms with Gasteiger partial charge in [-0.1, -0.05) is 24.9 Å². The summed E-state index contributed by atoms with van der Waals surface area (Å²) in [6.07, 6.45) is 1.92. The molecule has 2 N–H and O–H groups in total. The number of aromatic hydroxyl groups is 1. The fourth-order valence-electron chi connectivity index (χ4n) is 3.26. The van der Waals surface area contributed by atoms with Crippen LogP contribution in [-0.4, -0.2) is 45.5 Å². The molecule has 3 rings (SSSR count). The number of hydrogen-bond donors (Lipinski definition) is 2. The molecule has 0 atom stereocenters. The molecule has 0 spiro atoms. The number of tetrazole rings is 1. The van der Waals surface area contributed by atoms with Crippen LogP contribution in [0, 0.1) is 6.92 Å². The third kappa shape index (κ3) is 7.41. The molecular weight excluding hydrogens is 485 g/mol. The van der Waals surface area contributed by atoms with Crippen molar-refractivity contribution in [3.63, 3.8) is 0 Å². The molecule has 1 heterocycles. The van der Waals surface area contributed by atoms with E-state index in [2.05, 4.69) is 25.9 Å². The minimum Gasteiger partial charge on any atom is -0.507 e. The Balaban J connectivity index is 0.00000432. The van der Waals surface area contributed by atoms with Gasteiger partial charge in [0.2, 0.25) is 0 Å². The van der Waals surface area contributed by atoms with Crippen LogP contribution in [0.25, 0.3) is 0 Å². The Morgan fingerprint density at radius 3 is 2.51 bits per heavy atom. The quantitative estimate of drug-likeness (QED) is 0.218. The molecular formula is C23H25ClN5NaO5. The number of nitrogens with zero attached hydrogens (tertiary/aromatic N) is 4. The number of hydrogen-bond acceptors (Lipinski definition) is 8. The number of nitrogens with one attached hydrogen (secondary N) is 1. The Labute approximate surface area is 230 Å². The van der Waals surface area contributed by atoms with Gasteiger partial charge in [-0.05, 0) is 44.0 Å². The normalized spacial score (nSPS) is 10.4. The molecule has 10 nitrogen and oxygen atoms in total. The van der Waals surface area contributed by atoms with Crippen molar-refractivity contribution in [2.24, 2.45) is 0 Å². The van der Waals surface area contributed by atoms with Gasteiger partial charge in [-0.15, -0.1) is 0 Å². The van der Waals surface area contributed by atoms with Crippen molar-refractivity contribution in [2.75, 3.05) is 18.5 Å². The third-order valence-electron chi connectivity index (χ3n) is 4.97. The summed E-state index contributed by atoms with van der Waals surface area (Å²) in [4.78, 5) is 23.9. The first-order valence-corrected chi connectivity index (χ1v) is 11.1. The van der Waals surface area contributed by atoms with Gasteiger partial charge >= 0.3 is 29.6 Å². The van der Waals surface area contributed by atoms with Gasteiger partial charge in [0.25, 0.3) is 5.91 Å². The number of ketones is 1. The first-order valence-electron chi connectivity index (χ1n) is 10.7. The van der Waals surface area contributed by atoms with Crippen LogP contribution in [0.3, 0.4) is 0 Å². The number of rotatable bonds is 11. The van der Waals surface area contributed by atoms with Crippen LogP contribution in [0.1, 0.15) is 58.8 Å². The maximum absolute atomic E-state index is 12.2. The number of halogens is 1. The zero-order valence-electron chi connectivity index (χ0n) is 20.1. The second-order valence-electron chi connectivity index (χ2n) is 7.55. The summed E-state index contributed by atoms with van der Waals surface area (Å²) in [6, 6.07) is 6.58. The summed E-state index contributed by atoms with van der Waals surface area (Å²) < 4.78 is 11.6. The average Bonchev–Trinajstić information content (AvgIpc) is 3.33. The van der Waals surface area contributed by atoms with Crippen LogP contribution in [0.4, 0.5) is 5.69 Å². The van der Waals surface area contributed by atoms with E-state index in [1.54, 1.807) is 31.2 Å². The molecule has 35 heavy (non-hydrogen) atoms. The van der Waals surface area contributed by atoms with Crippen LogP contribution >= 0.6 is 11.6 Å². The number of ether oxygens (including phenoxy) is 2. The number of amides is 1. The molecule has 180 valence electrons. The number of carbonyl (C=O) groups is 2. The predicted octanol–water partition coefficient (Wildman–Crippen LogP) is 0.756. The monoisotopic (exact) mass is 509 g/mol. The first kappa shape index (κ1) is 28.6. The molecule has 0 bridgehead atoms. The van der Waals surface area contributed by atoms with Crippen molar-refractivity contribution in [3.8, 4) is 17.2 Å². The molecule has 0 aliphatic rings. The van der Waals surface area contributed by atoms with E-state index >= 15 is 0 Å². The minimum absolute atomic E-state index is 0. The molecule has 1 aromatic heterocycles. The summed E-state index contributed by atoms with van der Waals surface area (Å²) in [5, 5.41) is 27.2. The molecule has 1 amide bonds. The molecule has 12 heteroatoms. The van der Waals surface area contributed by atoms with Gasteiger partial charge in [-0.2, -0.15) is 5.21 Å². The Hall–Kier alpha value is -2.66. The van der Waals surface area contributed by atoms with E-state index in [4.69, 9.17) is 21.1 Å². The van der Waals surface area contributed by atoms with E-state index < -0.39 is 5.91 Å². The average molecular weight is 510 g/mol. The van der Waals surface area contributed by atoms with Gasteiger partial charge in [0, 0.05) is 23.7 Å². The maximum Gasteiger partial charge on any atom is 1.00 e. The second-order valence-corrected chi connectivity index (χ2v) is 7.96. The number of anilines is 1. The molecule has 3 aromatic rings. The van der Waals surface area contributed by atoms with Gasteiger partial charge < -0.3 is 25.0 Å². The number of Topliss-reactive ketones (excluding diaryl/α,β-unsaturated/α-hetero) is 1. The van der Waals surface area contributed by atoms with E-state index in [1.165, 1.54) is 6.92 Å². The van der Waals surface area contributed by atoms with Gasteiger partial charge in [0.15, 0.2) is 5.78 Å². The van der Waals surface area contributed by atoms with Crippen molar-refractivity contribution >= 4 is 29.0 Å². The van der Waals surface area contributed by atoms with Crippen LogP contribution in [-0.2, 0) is 6.42 Å². The van der Waals surface area contributed by atoms with Gasteiger partial charge in [0.05, 0.1) is 29.6 Å². The third-order valence-corrected chi connectivity index (χ3v) is 5.27. The first-order chi connectivity index (χ1) is 16.3. The summed E-state index contributed by atoms with van der Waals surface area (Å²) in [7, 11) is 0. The number of benzene rings is 2. The molecule has 0 radical (unpaired) electrons. The smallest absolute Gasteiger partial charge is 0.507 e. The zero-order valence-corrected chi connectivity index (χ0v) is 22.8. The number of carbonyl (C=O) groups excluding carboxylic acids is 2. The predicted molar refractivity (Wildman–Crippen MR) is 125 cm³/mol. The van der Waals surface area contributed by atoms with Gasteiger partial charge in [-0.25, -0.2) is 0 Å². The van der Waals surface area contributed by atoms with Crippen molar-refractivity contribution in [3.05, 3.63) is 51.8 Å². The molecule has 2 aromatic carbocycles. The Morgan fingerprint density at radius 2 is 1.89 bits per heavy atom. The van der Waals surface area contributed by atoms with Gasteiger partial charge in [0.1, 0.15) is 17.2 Å². The molecule has 0 saturated carbocycles.